The summed E-state index contributed by atoms with van der Waals surface area (Å²) in [5.41, 5.74) is 4.52. The number of carbonyl (C=O) groups is 3. The van der Waals surface area contributed by atoms with Gasteiger partial charge in [-0.1, -0.05) is 42.0 Å². The summed E-state index contributed by atoms with van der Waals surface area (Å²) in [6, 6.07) is 21.1. The lowest BCUT2D eigenvalue weighted by molar-refractivity contribution is -0.123. The van der Waals surface area contributed by atoms with Gasteiger partial charge >= 0.3 is 0 Å². The molecule has 3 N–H and O–H groups in total. The van der Waals surface area contributed by atoms with Crippen LogP contribution in [0.5, 0.6) is 0 Å². The maximum absolute atomic E-state index is 13.2. The number of aromatic nitrogens is 4. The number of nitrogens with zero attached hydrogens (tertiary/aromatic N) is 4. The average molecular weight is 510 g/mol. The maximum Gasteiger partial charge on any atom is 0.247 e. The highest BCUT2D eigenvalue weighted by Gasteiger charge is 2.21. The molecule has 0 radical (unpaired) electrons. The van der Waals surface area contributed by atoms with E-state index in [2.05, 4.69) is 31.5 Å². The van der Waals surface area contributed by atoms with Crippen molar-refractivity contribution in [2.45, 2.75) is 26.3 Å². The third kappa shape index (κ3) is 7.20. The summed E-state index contributed by atoms with van der Waals surface area (Å²) in [5.74, 6) is -0.977. The molecule has 0 bridgehead atoms. The zero-order chi connectivity index (χ0) is 26.9. The summed E-state index contributed by atoms with van der Waals surface area (Å²) in [4.78, 5) is 37.4. The SMILES string of the molecule is CC(=O)Nc1ccc(NC(=O)[C@H](Cc2ccccc2)NC(=O)/C=C/c2cc(C)ccc2-n2cnnn2)cc1. The van der Waals surface area contributed by atoms with Crippen LogP contribution in [0.1, 0.15) is 23.6 Å². The Balaban J connectivity index is 1.50. The topological polar surface area (TPSA) is 131 Å². The summed E-state index contributed by atoms with van der Waals surface area (Å²) in [5, 5.41) is 19.6. The molecule has 1 heterocycles. The van der Waals surface area contributed by atoms with Crippen molar-refractivity contribution in [2.75, 3.05) is 10.6 Å². The number of hydrogen-bond acceptors (Lipinski definition) is 6. The predicted molar refractivity (Wildman–Crippen MR) is 144 cm³/mol. The summed E-state index contributed by atoms with van der Waals surface area (Å²) in [6.07, 6.45) is 4.83. The van der Waals surface area contributed by atoms with Crippen LogP contribution < -0.4 is 16.0 Å². The number of benzene rings is 3. The minimum atomic E-state index is -0.832. The number of nitrogens with one attached hydrogen (secondary N) is 3. The minimum absolute atomic E-state index is 0.184. The fourth-order valence-electron chi connectivity index (χ4n) is 3.80. The fraction of sp³-hybridized carbons (Fsp3) is 0.143. The van der Waals surface area contributed by atoms with E-state index in [4.69, 9.17) is 0 Å². The number of carbonyl (C=O) groups excluding carboxylic acids is 3. The first-order valence-corrected chi connectivity index (χ1v) is 11.9. The molecule has 38 heavy (non-hydrogen) atoms. The van der Waals surface area contributed by atoms with Crippen LogP contribution >= 0.6 is 0 Å². The molecule has 192 valence electrons. The zero-order valence-electron chi connectivity index (χ0n) is 21.0. The van der Waals surface area contributed by atoms with E-state index in [0.29, 0.717) is 23.5 Å². The minimum Gasteiger partial charge on any atom is -0.340 e. The molecule has 0 aliphatic rings. The van der Waals surface area contributed by atoms with Gasteiger partial charge in [0.05, 0.1) is 5.69 Å². The molecule has 10 heteroatoms. The first-order chi connectivity index (χ1) is 18.4. The van der Waals surface area contributed by atoms with Crippen molar-refractivity contribution in [2.24, 2.45) is 0 Å². The molecule has 1 aromatic heterocycles. The van der Waals surface area contributed by atoms with Gasteiger partial charge in [-0.3, -0.25) is 14.4 Å². The molecule has 4 rings (SSSR count). The maximum atomic E-state index is 13.2. The summed E-state index contributed by atoms with van der Waals surface area (Å²) in [7, 11) is 0. The second-order valence-electron chi connectivity index (χ2n) is 8.65. The molecule has 10 nitrogen and oxygen atoms in total. The second-order valence-corrected chi connectivity index (χ2v) is 8.65. The van der Waals surface area contributed by atoms with Crippen molar-refractivity contribution in [1.82, 2.24) is 25.5 Å². The van der Waals surface area contributed by atoms with Gasteiger partial charge in [0.25, 0.3) is 0 Å². The van der Waals surface area contributed by atoms with Gasteiger partial charge in [-0.05, 0) is 65.4 Å². The van der Waals surface area contributed by atoms with Crippen LogP contribution in [0.3, 0.4) is 0 Å². The van der Waals surface area contributed by atoms with E-state index in [9.17, 15) is 14.4 Å². The van der Waals surface area contributed by atoms with Crippen molar-refractivity contribution in [3.63, 3.8) is 0 Å². The Labute approximate surface area is 219 Å². The molecule has 0 spiro atoms. The van der Waals surface area contributed by atoms with Crippen LogP contribution in [0.25, 0.3) is 11.8 Å². The van der Waals surface area contributed by atoms with Gasteiger partial charge < -0.3 is 16.0 Å². The van der Waals surface area contributed by atoms with E-state index < -0.39 is 11.9 Å². The molecule has 0 saturated heterocycles. The van der Waals surface area contributed by atoms with Crippen LogP contribution in [-0.4, -0.2) is 44.0 Å². The van der Waals surface area contributed by atoms with Gasteiger partial charge in [0.2, 0.25) is 17.7 Å². The Morgan fingerprint density at radius 3 is 2.32 bits per heavy atom. The van der Waals surface area contributed by atoms with Gasteiger partial charge in [-0.2, -0.15) is 4.68 Å². The molecular weight excluding hydrogens is 482 g/mol. The van der Waals surface area contributed by atoms with Gasteiger partial charge in [-0.15, -0.1) is 5.10 Å². The Hall–Kier alpha value is -5.12. The smallest absolute Gasteiger partial charge is 0.247 e. The van der Waals surface area contributed by atoms with Gasteiger partial charge in [0, 0.05) is 36.4 Å². The van der Waals surface area contributed by atoms with E-state index in [-0.39, 0.29) is 11.8 Å². The summed E-state index contributed by atoms with van der Waals surface area (Å²) >= 11 is 0. The number of aryl methyl sites for hydroxylation is 1. The molecule has 0 aliphatic heterocycles. The van der Waals surface area contributed by atoms with Crippen molar-refractivity contribution in [1.29, 1.82) is 0 Å². The number of tetrazole rings is 1. The average Bonchev–Trinajstić information content (AvgIpc) is 3.43. The van der Waals surface area contributed by atoms with E-state index in [0.717, 1.165) is 16.7 Å². The normalized spacial score (nSPS) is 11.6. The first kappa shape index (κ1) is 26.0. The largest absolute Gasteiger partial charge is 0.340 e. The highest BCUT2D eigenvalue weighted by atomic mass is 16.2. The lowest BCUT2D eigenvalue weighted by atomic mass is 10.0. The standard InChI is InChI=1S/C28H27N7O3/c1-19-8-14-26(35-18-29-33-34-35)22(16-19)9-15-27(37)32-25(17-21-6-4-3-5-7-21)28(38)31-24-12-10-23(11-13-24)30-20(2)36/h3-16,18,25H,17H2,1-2H3,(H,30,36)(H,31,38)(H,32,37)/b15-9+/t25-/m0/s1. The Morgan fingerprint density at radius 1 is 0.947 bits per heavy atom. The number of hydrogen-bond donors (Lipinski definition) is 3. The van der Waals surface area contributed by atoms with Crippen LogP contribution in [0.4, 0.5) is 11.4 Å². The lowest BCUT2D eigenvalue weighted by Gasteiger charge is -2.18. The molecule has 0 aliphatic carbocycles. The van der Waals surface area contributed by atoms with Crippen molar-refractivity contribution < 1.29 is 14.4 Å². The molecule has 3 amide bonds. The molecule has 0 saturated carbocycles. The summed E-state index contributed by atoms with van der Waals surface area (Å²) in [6.45, 7) is 3.37. The van der Waals surface area contributed by atoms with Crippen molar-refractivity contribution >= 4 is 35.2 Å². The Bertz CT molecular complexity index is 1430. The molecular formula is C28H27N7O3. The van der Waals surface area contributed by atoms with E-state index >= 15 is 0 Å². The fourth-order valence-corrected chi connectivity index (χ4v) is 3.80. The zero-order valence-corrected chi connectivity index (χ0v) is 21.0. The van der Waals surface area contributed by atoms with Gasteiger partial charge in [-0.25, -0.2) is 0 Å². The highest BCUT2D eigenvalue weighted by Crippen LogP contribution is 2.17. The third-order valence-corrected chi connectivity index (χ3v) is 5.58. The first-order valence-electron chi connectivity index (χ1n) is 11.9. The van der Waals surface area contributed by atoms with Crippen LogP contribution in [0.2, 0.25) is 0 Å². The van der Waals surface area contributed by atoms with Crippen molar-refractivity contribution in [3.05, 3.63) is 102 Å². The lowest BCUT2D eigenvalue weighted by Crippen LogP contribution is -2.44. The predicted octanol–water partition coefficient (Wildman–Crippen LogP) is 3.31. The third-order valence-electron chi connectivity index (χ3n) is 5.58. The summed E-state index contributed by atoms with van der Waals surface area (Å²) < 4.78 is 1.51. The van der Waals surface area contributed by atoms with Crippen molar-refractivity contribution in [3.8, 4) is 5.69 Å². The van der Waals surface area contributed by atoms with E-state index in [1.54, 1.807) is 30.3 Å². The quantitative estimate of drug-likeness (QED) is 0.297. The Morgan fingerprint density at radius 2 is 1.66 bits per heavy atom. The van der Waals surface area contributed by atoms with Crippen LogP contribution in [0.15, 0.2) is 85.2 Å². The number of anilines is 2. The monoisotopic (exact) mass is 509 g/mol. The molecule has 0 unspecified atom stereocenters. The van der Waals surface area contributed by atoms with Crippen LogP contribution in [-0.2, 0) is 20.8 Å². The highest BCUT2D eigenvalue weighted by molar-refractivity contribution is 6.00. The number of rotatable bonds is 9. The van der Waals surface area contributed by atoms with Crippen LogP contribution in [0, 0.1) is 6.92 Å². The molecule has 1 atom stereocenters. The van der Waals surface area contributed by atoms with E-state index in [1.165, 1.54) is 24.0 Å². The Kier molecular flexibility index (Phi) is 8.35. The van der Waals surface area contributed by atoms with E-state index in [1.807, 2.05) is 55.5 Å². The van der Waals surface area contributed by atoms with Gasteiger partial charge in [0.15, 0.2) is 0 Å². The molecule has 0 fully saturated rings. The molecule has 4 aromatic rings. The van der Waals surface area contributed by atoms with Gasteiger partial charge in [0.1, 0.15) is 12.4 Å². The molecule has 3 aromatic carbocycles. The second kappa shape index (κ2) is 12.2. The number of amides is 3.